The molecule has 0 aromatic heterocycles. The molecule has 0 aliphatic rings. The number of hydrogen-bond acceptors (Lipinski definition) is 4. The molecule has 1 unspecified atom stereocenters. The Balaban J connectivity index is 2.64. The van der Waals surface area contributed by atoms with E-state index in [0.717, 1.165) is 6.07 Å². The predicted octanol–water partition coefficient (Wildman–Crippen LogP) is 2.17. The summed E-state index contributed by atoms with van der Waals surface area (Å²) < 4.78 is 18.3. The summed E-state index contributed by atoms with van der Waals surface area (Å²) in [6.07, 6.45) is -0.0991. The molecule has 0 saturated heterocycles. The van der Waals surface area contributed by atoms with Crippen LogP contribution in [-0.4, -0.2) is 35.4 Å². The third-order valence-corrected chi connectivity index (χ3v) is 3.65. The van der Waals surface area contributed by atoms with Crippen LogP contribution in [0.2, 0.25) is 0 Å². The zero-order valence-corrected chi connectivity index (χ0v) is 13.3. The molecule has 2 N–H and O–H groups in total. The number of Topliss-reactive ketones (excluding diaryl/α,β-unsaturated/α-hetero) is 1. The fourth-order valence-corrected chi connectivity index (χ4v) is 1.87. The van der Waals surface area contributed by atoms with Gasteiger partial charge in [-0.2, -0.15) is 0 Å². The minimum absolute atomic E-state index is 0.0273. The van der Waals surface area contributed by atoms with Crippen molar-refractivity contribution in [1.29, 1.82) is 0 Å². The topological polar surface area (TPSA) is 92.7 Å². The highest BCUT2D eigenvalue weighted by Crippen LogP contribution is 2.19. The number of carboxylic acid groups (broad SMARTS) is 1. The van der Waals surface area contributed by atoms with Gasteiger partial charge in [0.15, 0.2) is 17.3 Å². The number of halogens is 1. The molecule has 0 fully saturated rings. The minimum Gasteiger partial charge on any atom is -0.494 e. The smallest absolute Gasteiger partial charge is 0.329 e. The average Bonchev–Trinajstić information content (AvgIpc) is 2.52. The second kappa shape index (κ2) is 7.71. The molecular formula is C16H20FNO5. The lowest BCUT2D eigenvalue weighted by molar-refractivity contribution is -0.147. The Kier molecular flexibility index (Phi) is 6.24. The largest absolute Gasteiger partial charge is 0.494 e. The molecule has 0 radical (unpaired) electrons. The molecule has 0 aliphatic heterocycles. The first kappa shape index (κ1) is 18.6. The van der Waals surface area contributed by atoms with Gasteiger partial charge in [0.05, 0.1) is 7.11 Å². The number of carbonyl (C=O) groups is 3. The second-order valence-electron chi connectivity index (χ2n) is 5.31. The van der Waals surface area contributed by atoms with E-state index in [0.29, 0.717) is 0 Å². The summed E-state index contributed by atoms with van der Waals surface area (Å²) in [5.41, 5.74) is -1.24. The van der Waals surface area contributed by atoms with E-state index in [9.17, 15) is 18.8 Å². The fraction of sp³-hybridized carbons (Fsp3) is 0.438. The maximum absolute atomic E-state index is 13.5. The first-order valence-electron chi connectivity index (χ1n) is 7.14. The molecule has 0 heterocycles. The van der Waals surface area contributed by atoms with Crippen molar-refractivity contribution in [2.45, 2.75) is 38.6 Å². The Morgan fingerprint density at radius 3 is 2.43 bits per heavy atom. The summed E-state index contributed by atoms with van der Waals surface area (Å²) >= 11 is 0. The van der Waals surface area contributed by atoms with Crippen LogP contribution < -0.4 is 10.1 Å². The van der Waals surface area contributed by atoms with E-state index in [1.807, 2.05) is 0 Å². The van der Waals surface area contributed by atoms with Crippen LogP contribution in [0, 0.1) is 5.82 Å². The van der Waals surface area contributed by atoms with Crippen molar-refractivity contribution in [3.05, 3.63) is 29.6 Å². The lowest BCUT2D eigenvalue weighted by Gasteiger charge is -2.24. The molecule has 7 heteroatoms. The molecule has 0 spiro atoms. The number of ketones is 1. The zero-order chi connectivity index (χ0) is 17.6. The van der Waals surface area contributed by atoms with Crippen LogP contribution in [0.15, 0.2) is 18.2 Å². The molecule has 6 nitrogen and oxygen atoms in total. The number of methoxy groups -OCH3 is 1. The number of rotatable bonds is 8. The van der Waals surface area contributed by atoms with E-state index in [1.54, 1.807) is 6.92 Å². The van der Waals surface area contributed by atoms with Crippen molar-refractivity contribution in [1.82, 2.24) is 5.32 Å². The third-order valence-electron chi connectivity index (χ3n) is 3.65. The van der Waals surface area contributed by atoms with Crippen LogP contribution >= 0.6 is 0 Å². The van der Waals surface area contributed by atoms with E-state index >= 15 is 0 Å². The molecule has 23 heavy (non-hydrogen) atoms. The Morgan fingerprint density at radius 2 is 1.96 bits per heavy atom. The molecule has 0 bridgehead atoms. The first-order valence-corrected chi connectivity index (χ1v) is 7.14. The zero-order valence-electron chi connectivity index (χ0n) is 13.3. The predicted molar refractivity (Wildman–Crippen MR) is 81.0 cm³/mol. The first-order chi connectivity index (χ1) is 10.7. The summed E-state index contributed by atoms with van der Waals surface area (Å²) in [6.45, 7) is 3.04. The summed E-state index contributed by atoms with van der Waals surface area (Å²) in [6, 6.07) is 3.79. The lowest BCUT2D eigenvalue weighted by Crippen LogP contribution is -2.51. The van der Waals surface area contributed by atoms with Crippen molar-refractivity contribution < 1.29 is 28.6 Å². The van der Waals surface area contributed by atoms with Gasteiger partial charge in [-0.3, -0.25) is 9.59 Å². The van der Waals surface area contributed by atoms with Crippen LogP contribution in [0.5, 0.6) is 5.75 Å². The molecule has 0 saturated carbocycles. The number of aliphatic carboxylic acids is 1. The van der Waals surface area contributed by atoms with Gasteiger partial charge in [-0.15, -0.1) is 0 Å². The van der Waals surface area contributed by atoms with Crippen molar-refractivity contribution in [3.8, 4) is 5.75 Å². The number of carbonyl (C=O) groups excluding carboxylic acids is 2. The fourth-order valence-electron chi connectivity index (χ4n) is 1.87. The number of hydrogen-bond donors (Lipinski definition) is 2. The molecule has 0 aliphatic carbocycles. The van der Waals surface area contributed by atoms with Gasteiger partial charge in [0.25, 0.3) is 0 Å². The number of amides is 1. The Labute approximate surface area is 133 Å². The Morgan fingerprint density at radius 1 is 1.30 bits per heavy atom. The number of ether oxygens (including phenoxy) is 1. The number of carboxylic acids is 1. The van der Waals surface area contributed by atoms with Crippen molar-refractivity contribution in [2.24, 2.45) is 0 Å². The van der Waals surface area contributed by atoms with E-state index in [-0.39, 0.29) is 30.6 Å². The van der Waals surface area contributed by atoms with E-state index < -0.39 is 29.0 Å². The summed E-state index contributed by atoms with van der Waals surface area (Å²) in [5.74, 6) is -2.72. The van der Waals surface area contributed by atoms with Crippen molar-refractivity contribution in [2.75, 3.05) is 7.11 Å². The van der Waals surface area contributed by atoms with Crippen LogP contribution in [0.25, 0.3) is 0 Å². The quantitative estimate of drug-likeness (QED) is 0.715. The van der Waals surface area contributed by atoms with Gasteiger partial charge in [0.2, 0.25) is 5.91 Å². The van der Waals surface area contributed by atoms with Crippen LogP contribution in [0.1, 0.15) is 43.5 Å². The maximum Gasteiger partial charge on any atom is 0.329 e. The van der Waals surface area contributed by atoms with Gasteiger partial charge in [-0.05, 0) is 31.5 Å². The van der Waals surface area contributed by atoms with E-state index in [1.165, 1.54) is 26.2 Å². The van der Waals surface area contributed by atoms with Gasteiger partial charge in [-0.25, -0.2) is 9.18 Å². The molecule has 1 amide bonds. The van der Waals surface area contributed by atoms with Gasteiger partial charge in [0.1, 0.15) is 5.54 Å². The minimum atomic E-state index is -1.37. The molecule has 1 rings (SSSR count). The second-order valence-corrected chi connectivity index (χ2v) is 5.31. The normalized spacial score (nSPS) is 13.0. The van der Waals surface area contributed by atoms with Crippen LogP contribution in [0.4, 0.5) is 4.39 Å². The Hall–Kier alpha value is -2.44. The summed E-state index contributed by atoms with van der Waals surface area (Å²) in [4.78, 5) is 34.9. The van der Waals surface area contributed by atoms with Crippen LogP contribution in [0.3, 0.4) is 0 Å². The lowest BCUT2D eigenvalue weighted by atomic mass is 9.98. The van der Waals surface area contributed by atoms with Crippen molar-refractivity contribution in [3.63, 3.8) is 0 Å². The highest BCUT2D eigenvalue weighted by molar-refractivity contribution is 5.98. The highest BCUT2D eigenvalue weighted by atomic mass is 19.1. The molecule has 1 aromatic rings. The summed E-state index contributed by atoms with van der Waals surface area (Å²) in [5, 5.41) is 11.5. The highest BCUT2D eigenvalue weighted by Gasteiger charge is 2.32. The molecule has 1 atom stereocenters. The Bertz CT molecular complexity index is 616. The summed E-state index contributed by atoms with van der Waals surface area (Å²) in [7, 11) is 1.32. The van der Waals surface area contributed by atoms with Crippen molar-refractivity contribution >= 4 is 17.7 Å². The average molecular weight is 325 g/mol. The van der Waals surface area contributed by atoms with Gasteiger partial charge in [0, 0.05) is 18.4 Å². The maximum atomic E-state index is 13.5. The van der Waals surface area contributed by atoms with Gasteiger partial charge >= 0.3 is 5.97 Å². The van der Waals surface area contributed by atoms with Crippen LogP contribution in [-0.2, 0) is 9.59 Å². The van der Waals surface area contributed by atoms with E-state index in [4.69, 9.17) is 9.84 Å². The number of benzene rings is 1. The SMILES string of the molecule is CCC(C)(NC(=O)CCC(=O)c1ccc(OC)c(F)c1)C(=O)O. The standard InChI is InChI=1S/C16H20FNO5/c1-4-16(2,15(21)22)18-14(20)8-6-12(19)10-5-7-13(23-3)11(17)9-10/h5,7,9H,4,6,8H2,1-3H3,(H,18,20)(H,21,22). The number of nitrogens with one attached hydrogen (secondary N) is 1. The molecule has 126 valence electrons. The third kappa shape index (κ3) is 4.77. The molecule has 1 aromatic carbocycles. The van der Waals surface area contributed by atoms with Gasteiger partial charge in [-0.1, -0.05) is 6.92 Å². The monoisotopic (exact) mass is 325 g/mol. The molecular weight excluding hydrogens is 305 g/mol. The van der Waals surface area contributed by atoms with Gasteiger partial charge < -0.3 is 15.2 Å². The van der Waals surface area contributed by atoms with E-state index in [2.05, 4.69) is 5.32 Å².